The number of hydrogen-bond donors (Lipinski definition) is 2. The zero-order valence-electron chi connectivity index (χ0n) is 14.4. The number of sulfonamides is 1. The van der Waals surface area contributed by atoms with Crippen LogP contribution in [0.15, 0.2) is 30.5 Å². The van der Waals surface area contributed by atoms with Gasteiger partial charge in [-0.3, -0.25) is 14.5 Å². The lowest BCUT2D eigenvalue weighted by molar-refractivity contribution is -0.137. The van der Waals surface area contributed by atoms with Gasteiger partial charge in [0.2, 0.25) is 10.0 Å². The van der Waals surface area contributed by atoms with E-state index >= 15 is 0 Å². The van der Waals surface area contributed by atoms with E-state index in [9.17, 15) is 31.5 Å². The Morgan fingerprint density at radius 2 is 1.96 bits per heavy atom. The van der Waals surface area contributed by atoms with Crippen molar-refractivity contribution in [2.45, 2.75) is 19.2 Å². The minimum atomic E-state index is -4.60. The number of carbonyl (C=O) groups excluding carboxylic acids is 1. The SMILES string of the molecule is CC(Oc1ccc(-c2ncc(C(F)(F)F)cc2Cl)cc1O)C(=O)NS(C)(=O)=O. The molecule has 2 aromatic rings. The predicted molar refractivity (Wildman–Crippen MR) is 94.4 cm³/mol. The van der Waals surface area contributed by atoms with E-state index in [-0.39, 0.29) is 22.0 Å². The molecule has 1 aromatic carbocycles. The number of aromatic nitrogens is 1. The number of amides is 1. The first-order valence-electron chi connectivity index (χ1n) is 7.52. The van der Waals surface area contributed by atoms with Gasteiger partial charge in [0.05, 0.1) is 22.5 Å². The highest BCUT2D eigenvalue weighted by Crippen LogP contribution is 2.37. The minimum Gasteiger partial charge on any atom is -0.504 e. The summed E-state index contributed by atoms with van der Waals surface area (Å²) in [5.74, 6) is -1.55. The number of pyridine rings is 1. The molecule has 7 nitrogen and oxygen atoms in total. The molecule has 2 rings (SSSR count). The van der Waals surface area contributed by atoms with Gasteiger partial charge < -0.3 is 9.84 Å². The Hall–Kier alpha value is -2.53. The summed E-state index contributed by atoms with van der Waals surface area (Å²) in [7, 11) is -3.78. The Labute approximate surface area is 163 Å². The summed E-state index contributed by atoms with van der Waals surface area (Å²) >= 11 is 5.86. The van der Waals surface area contributed by atoms with Gasteiger partial charge in [0.25, 0.3) is 5.91 Å². The zero-order valence-corrected chi connectivity index (χ0v) is 16.0. The highest BCUT2D eigenvalue weighted by Gasteiger charge is 2.31. The number of nitrogens with one attached hydrogen (secondary N) is 1. The summed E-state index contributed by atoms with van der Waals surface area (Å²) in [4.78, 5) is 15.4. The van der Waals surface area contributed by atoms with Crippen molar-refractivity contribution in [3.05, 3.63) is 41.0 Å². The molecule has 28 heavy (non-hydrogen) atoms. The van der Waals surface area contributed by atoms with Crippen molar-refractivity contribution >= 4 is 27.5 Å². The summed E-state index contributed by atoms with van der Waals surface area (Å²) in [6, 6.07) is 4.45. The van der Waals surface area contributed by atoms with Gasteiger partial charge in [-0.2, -0.15) is 13.2 Å². The molecule has 0 fully saturated rings. The Morgan fingerprint density at radius 1 is 1.32 bits per heavy atom. The molecule has 1 aromatic heterocycles. The molecule has 2 N–H and O–H groups in total. The highest BCUT2D eigenvalue weighted by molar-refractivity contribution is 7.89. The first-order chi connectivity index (χ1) is 12.8. The molecule has 0 bridgehead atoms. The topological polar surface area (TPSA) is 106 Å². The van der Waals surface area contributed by atoms with Crippen LogP contribution in [0.3, 0.4) is 0 Å². The number of alkyl halides is 3. The zero-order chi connectivity index (χ0) is 21.3. The molecular formula is C16H14ClF3N2O5S. The van der Waals surface area contributed by atoms with Gasteiger partial charge in [0.15, 0.2) is 17.6 Å². The molecule has 0 aliphatic carbocycles. The number of phenols is 1. The van der Waals surface area contributed by atoms with Crippen LogP contribution in [0.1, 0.15) is 12.5 Å². The number of phenolic OH excluding ortho intramolecular Hbond substituents is 1. The first-order valence-corrected chi connectivity index (χ1v) is 9.79. The Kier molecular flexibility index (Phi) is 6.09. The molecule has 1 heterocycles. The third-order valence-corrected chi connectivity index (χ3v) is 4.22. The number of rotatable bonds is 5. The van der Waals surface area contributed by atoms with Crippen LogP contribution in [0.5, 0.6) is 11.5 Å². The van der Waals surface area contributed by atoms with Crippen LogP contribution < -0.4 is 9.46 Å². The van der Waals surface area contributed by atoms with Gasteiger partial charge >= 0.3 is 6.18 Å². The second kappa shape index (κ2) is 7.84. The molecule has 1 unspecified atom stereocenters. The summed E-state index contributed by atoms with van der Waals surface area (Å²) in [5.41, 5.74) is -0.813. The molecule has 1 amide bonds. The maximum Gasteiger partial charge on any atom is 0.417 e. The van der Waals surface area contributed by atoms with E-state index in [1.54, 1.807) is 4.72 Å². The lowest BCUT2D eigenvalue weighted by Gasteiger charge is -2.15. The fourth-order valence-corrected chi connectivity index (χ4v) is 2.89. The predicted octanol–water partition coefficient (Wildman–Crippen LogP) is 2.97. The average Bonchev–Trinajstić information content (AvgIpc) is 2.54. The van der Waals surface area contributed by atoms with Gasteiger partial charge in [0, 0.05) is 11.8 Å². The van der Waals surface area contributed by atoms with Crippen molar-refractivity contribution in [2.24, 2.45) is 0 Å². The quantitative estimate of drug-likeness (QED) is 0.743. The number of ether oxygens (including phenoxy) is 1. The number of aromatic hydroxyl groups is 1. The number of benzene rings is 1. The minimum absolute atomic E-state index is 0.000570. The largest absolute Gasteiger partial charge is 0.504 e. The number of nitrogens with zero attached hydrogens (tertiary/aromatic N) is 1. The molecular weight excluding hydrogens is 425 g/mol. The monoisotopic (exact) mass is 438 g/mol. The van der Waals surface area contributed by atoms with Crippen LogP contribution in [0.2, 0.25) is 5.02 Å². The Balaban J connectivity index is 2.24. The number of hydrogen-bond acceptors (Lipinski definition) is 6. The standard InChI is InChI=1S/C16H14ClF3N2O5S/c1-8(15(24)22-28(2,25)26)27-13-4-3-9(5-12(13)23)14-11(17)6-10(7-21-14)16(18,19)20/h3-8,23H,1-2H3,(H,22,24). The average molecular weight is 439 g/mol. The molecule has 152 valence electrons. The summed E-state index contributed by atoms with van der Waals surface area (Å²) in [6.07, 6.45) is -4.44. The summed E-state index contributed by atoms with van der Waals surface area (Å²) in [6.45, 7) is 1.27. The van der Waals surface area contributed by atoms with Gasteiger partial charge in [-0.15, -0.1) is 0 Å². The maximum atomic E-state index is 12.7. The van der Waals surface area contributed by atoms with Crippen LogP contribution in [0, 0.1) is 0 Å². The van der Waals surface area contributed by atoms with Crippen LogP contribution in [0.4, 0.5) is 13.2 Å². The Bertz CT molecular complexity index is 1010. The molecule has 1 atom stereocenters. The molecule has 0 saturated carbocycles. The van der Waals surface area contributed by atoms with E-state index in [1.807, 2.05) is 0 Å². The number of halogens is 4. The van der Waals surface area contributed by atoms with Crippen LogP contribution in [-0.4, -0.2) is 36.8 Å². The van der Waals surface area contributed by atoms with Crippen LogP contribution >= 0.6 is 11.6 Å². The van der Waals surface area contributed by atoms with E-state index in [0.29, 0.717) is 12.3 Å². The number of carbonyl (C=O) groups is 1. The van der Waals surface area contributed by atoms with E-state index in [0.717, 1.165) is 12.3 Å². The van der Waals surface area contributed by atoms with E-state index in [4.69, 9.17) is 16.3 Å². The first kappa shape index (κ1) is 21.8. The third-order valence-electron chi connectivity index (χ3n) is 3.36. The van der Waals surface area contributed by atoms with Gasteiger partial charge in [-0.1, -0.05) is 11.6 Å². The lowest BCUT2D eigenvalue weighted by Crippen LogP contribution is -2.39. The van der Waals surface area contributed by atoms with Crippen molar-refractivity contribution in [3.63, 3.8) is 0 Å². The second-order valence-corrected chi connectivity index (χ2v) is 7.89. The fourth-order valence-electron chi connectivity index (χ4n) is 2.08. The summed E-state index contributed by atoms with van der Waals surface area (Å²) < 4.78 is 67.1. The summed E-state index contributed by atoms with van der Waals surface area (Å²) in [5, 5.41) is 9.79. The smallest absolute Gasteiger partial charge is 0.417 e. The van der Waals surface area contributed by atoms with E-state index in [2.05, 4.69) is 4.98 Å². The van der Waals surface area contributed by atoms with Crippen molar-refractivity contribution in [1.29, 1.82) is 0 Å². The fraction of sp³-hybridized carbons (Fsp3) is 0.250. The van der Waals surface area contributed by atoms with E-state index < -0.39 is 39.5 Å². The van der Waals surface area contributed by atoms with Crippen LogP contribution in [-0.2, 0) is 21.0 Å². The van der Waals surface area contributed by atoms with Crippen molar-refractivity contribution in [3.8, 4) is 22.8 Å². The molecule has 0 saturated heterocycles. The molecule has 12 heteroatoms. The molecule has 0 aliphatic heterocycles. The van der Waals surface area contributed by atoms with Crippen LogP contribution in [0.25, 0.3) is 11.3 Å². The lowest BCUT2D eigenvalue weighted by atomic mass is 10.1. The Morgan fingerprint density at radius 3 is 2.46 bits per heavy atom. The van der Waals surface area contributed by atoms with Crippen molar-refractivity contribution < 1.29 is 36.2 Å². The molecule has 0 radical (unpaired) electrons. The maximum absolute atomic E-state index is 12.7. The second-order valence-electron chi connectivity index (χ2n) is 5.73. The van der Waals surface area contributed by atoms with Crippen molar-refractivity contribution in [2.75, 3.05) is 6.26 Å². The third kappa shape index (κ3) is 5.49. The van der Waals surface area contributed by atoms with Gasteiger partial charge in [0.1, 0.15) is 0 Å². The highest BCUT2D eigenvalue weighted by atomic mass is 35.5. The van der Waals surface area contributed by atoms with Gasteiger partial charge in [-0.05, 0) is 31.2 Å². The molecule has 0 aliphatic rings. The van der Waals surface area contributed by atoms with Crippen molar-refractivity contribution in [1.82, 2.24) is 9.71 Å². The van der Waals surface area contributed by atoms with Gasteiger partial charge in [-0.25, -0.2) is 8.42 Å². The van der Waals surface area contributed by atoms with E-state index in [1.165, 1.54) is 19.1 Å². The normalized spacial score (nSPS) is 13.1. The molecule has 0 spiro atoms.